The van der Waals surface area contributed by atoms with Crippen molar-refractivity contribution in [1.82, 2.24) is 5.32 Å². The van der Waals surface area contributed by atoms with Crippen molar-refractivity contribution < 1.29 is 4.74 Å². The van der Waals surface area contributed by atoms with E-state index in [0.29, 0.717) is 5.02 Å². The minimum Gasteiger partial charge on any atom is -0.383 e. The maximum Gasteiger partial charge on any atom is 0.0587 e. The Morgan fingerprint density at radius 2 is 1.81 bits per heavy atom. The Morgan fingerprint density at radius 3 is 2.33 bits per heavy atom. The first kappa shape index (κ1) is 18.8. The molecule has 0 saturated carbocycles. The molecule has 0 aliphatic carbocycles. The van der Waals surface area contributed by atoms with E-state index in [-0.39, 0.29) is 5.41 Å². The van der Waals surface area contributed by atoms with Crippen LogP contribution in [-0.2, 0) is 10.2 Å². The molecule has 0 fully saturated rings. The van der Waals surface area contributed by atoms with Crippen molar-refractivity contribution in [3.8, 4) is 0 Å². The van der Waals surface area contributed by atoms with E-state index in [1.165, 1.54) is 5.56 Å². The Bertz CT molecular complexity index is 417. The van der Waals surface area contributed by atoms with Gasteiger partial charge in [0.2, 0.25) is 0 Å². The van der Waals surface area contributed by atoms with Crippen LogP contribution >= 0.6 is 23.2 Å². The zero-order chi connectivity index (χ0) is 15.7. The molecule has 0 saturated heterocycles. The zero-order valence-corrected chi connectivity index (χ0v) is 14.9. The Morgan fingerprint density at radius 1 is 1.14 bits per heavy atom. The maximum atomic E-state index is 6.49. The van der Waals surface area contributed by atoms with Crippen LogP contribution in [0.5, 0.6) is 0 Å². The average Bonchev–Trinajstić information content (AvgIpc) is 2.44. The molecule has 0 radical (unpaired) electrons. The quantitative estimate of drug-likeness (QED) is 0.604. The van der Waals surface area contributed by atoms with Crippen LogP contribution in [0.2, 0.25) is 10.0 Å². The van der Waals surface area contributed by atoms with E-state index in [9.17, 15) is 0 Å². The van der Waals surface area contributed by atoms with E-state index >= 15 is 0 Å². The number of hydrogen-bond acceptors (Lipinski definition) is 2. The third-order valence-corrected chi connectivity index (χ3v) is 4.45. The summed E-state index contributed by atoms with van der Waals surface area (Å²) in [6, 6.07) is 5.89. The molecule has 4 heteroatoms. The number of rotatable bonds is 10. The van der Waals surface area contributed by atoms with Crippen LogP contribution < -0.4 is 5.32 Å². The van der Waals surface area contributed by atoms with Crippen LogP contribution in [-0.4, -0.2) is 26.8 Å². The summed E-state index contributed by atoms with van der Waals surface area (Å²) in [5.74, 6) is 0. The lowest BCUT2D eigenvalue weighted by atomic mass is 9.73. The van der Waals surface area contributed by atoms with Gasteiger partial charge in [0.25, 0.3) is 0 Å². The Labute approximate surface area is 139 Å². The van der Waals surface area contributed by atoms with Gasteiger partial charge in [-0.15, -0.1) is 0 Å². The molecule has 120 valence electrons. The fourth-order valence-corrected chi connectivity index (χ4v) is 3.65. The molecule has 2 nitrogen and oxygen atoms in total. The van der Waals surface area contributed by atoms with Gasteiger partial charge in [-0.3, -0.25) is 0 Å². The molecule has 0 aromatic heterocycles. The van der Waals surface area contributed by atoms with Crippen molar-refractivity contribution in [2.75, 3.05) is 26.8 Å². The summed E-state index contributed by atoms with van der Waals surface area (Å²) < 4.78 is 5.12. The van der Waals surface area contributed by atoms with E-state index in [1.807, 2.05) is 12.1 Å². The summed E-state index contributed by atoms with van der Waals surface area (Å²) in [5, 5.41) is 4.99. The first-order valence-corrected chi connectivity index (χ1v) is 8.50. The van der Waals surface area contributed by atoms with Gasteiger partial charge in [-0.2, -0.15) is 0 Å². The van der Waals surface area contributed by atoms with Gasteiger partial charge in [-0.1, -0.05) is 56.0 Å². The number of ether oxygens (including phenoxy) is 1. The number of methoxy groups -OCH3 is 1. The molecule has 0 heterocycles. The Balaban J connectivity index is 3.02. The van der Waals surface area contributed by atoms with Crippen LogP contribution in [0.1, 0.15) is 45.1 Å². The van der Waals surface area contributed by atoms with Crippen molar-refractivity contribution in [1.29, 1.82) is 0 Å². The van der Waals surface area contributed by atoms with Crippen molar-refractivity contribution in [3.05, 3.63) is 33.8 Å². The fraction of sp³-hybridized carbons (Fsp3) is 0.647. The first-order valence-electron chi connectivity index (χ1n) is 7.74. The summed E-state index contributed by atoms with van der Waals surface area (Å²) in [6.07, 6.45) is 4.49. The number of benzene rings is 1. The van der Waals surface area contributed by atoms with Gasteiger partial charge in [0.1, 0.15) is 0 Å². The molecule has 0 bridgehead atoms. The molecule has 0 amide bonds. The monoisotopic (exact) mass is 331 g/mol. The van der Waals surface area contributed by atoms with Crippen LogP contribution in [0, 0.1) is 0 Å². The van der Waals surface area contributed by atoms with E-state index in [2.05, 4.69) is 25.2 Å². The predicted molar refractivity (Wildman–Crippen MR) is 92.7 cm³/mol. The summed E-state index contributed by atoms with van der Waals surface area (Å²) in [4.78, 5) is 0. The van der Waals surface area contributed by atoms with Gasteiger partial charge in [0, 0.05) is 35.7 Å². The highest BCUT2D eigenvalue weighted by Crippen LogP contribution is 2.39. The third kappa shape index (κ3) is 5.45. The maximum absolute atomic E-state index is 6.49. The van der Waals surface area contributed by atoms with Crippen molar-refractivity contribution in [2.45, 2.75) is 44.9 Å². The zero-order valence-electron chi connectivity index (χ0n) is 13.3. The second-order valence-corrected chi connectivity index (χ2v) is 6.42. The number of nitrogens with one attached hydrogen (secondary N) is 1. The molecule has 21 heavy (non-hydrogen) atoms. The molecule has 0 unspecified atom stereocenters. The van der Waals surface area contributed by atoms with Crippen LogP contribution in [0.25, 0.3) is 0 Å². The molecule has 1 N–H and O–H groups in total. The van der Waals surface area contributed by atoms with Crippen molar-refractivity contribution in [2.24, 2.45) is 0 Å². The summed E-state index contributed by atoms with van der Waals surface area (Å²) >= 11 is 12.5. The number of hydrogen-bond donors (Lipinski definition) is 1. The molecule has 1 aromatic carbocycles. The smallest absolute Gasteiger partial charge is 0.0587 e. The molecule has 0 spiro atoms. The highest BCUT2D eigenvalue weighted by Gasteiger charge is 2.32. The average molecular weight is 332 g/mol. The van der Waals surface area contributed by atoms with Crippen LogP contribution in [0.3, 0.4) is 0 Å². The van der Waals surface area contributed by atoms with E-state index in [0.717, 1.165) is 50.4 Å². The molecule has 0 atom stereocenters. The summed E-state index contributed by atoms with van der Waals surface area (Å²) in [5.41, 5.74) is 1.28. The van der Waals surface area contributed by atoms with Gasteiger partial charge in [0.05, 0.1) is 6.61 Å². The molecular formula is C17H27Cl2NO. The van der Waals surface area contributed by atoms with Crippen molar-refractivity contribution >= 4 is 23.2 Å². The third-order valence-electron chi connectivity index (χ3n) is 3.91. The molecule has 1 aromatic rings. The molecule has 0 aliphatic rings. The largest absolute Gasteiger partial charge is 0.383 e. The van der Waals surface area contributed by atoms with Crippen molar-refractivity contribution in [3.63, 3.8) is 0 Å². The standard InChI is InChI=1S/C17H27Cl2NO/c1-4-8-17(9-5-2,13-20-10-11-21-3)15-7-6-14(18)12-16(15)19/h6-7,12,20H,4-5,8-11,13H2,1-3H3. The lowest BCUT2D eigenvalue weighted by Gasteiger charge is -2.35. The van der Waals surface area contributed by atoms with Gasteiger partial charge in [-0.25, -0.2) is 0 Å². The molecule has 1 rings (SSSR count). The Kier molecular flexibility index (Phi) is 8.65. The minimum atomic E-state index is 0.0684. The van der Waals surface area contributed by atoms with E-state index in [4.69, 9.17) is 27.9 Å². The summed E-state index contributed by atoms with van der Waals surface area (Å²) in [7, 11) is 1.73. The van der Waals surface area contributed by atoms with Gasteiger partial charge >= 0.3 is 0 Å². The summed E-state index contributed by atoms with van der Waals surface area (Å²) in [6.45, 7) is 6.95. The molecule has 0 aliphatic heterocycles. The lowest BCUT2D eigenvalue weighted by molar-refractivity contribution is 0.195. The highest BCUT2D eigenvalue weighted by molar-refractivity contribution is 6.35. The van der Waals surface area contributed by atoms with Gasteiger partial charge < -0.3 is 10.1 Å². The van der Waals surface area contributed by atoms with Gasteiger partial charge in [0.15, 0.2) is 0 Å². The minimum absolute atomic E-state index is 0.0684. The highest BCUT2D eigenvalue weighted by atomic mass is 35.5. The first-order chi connectivity index (χ1) is 10.1. The molecular weight excluding hydrogens is 305 g/mol. The fourth-order valence-electron chi connectivity index (χ4n) is 3.04. The van der Waals surface area contributed by atoms with Crippen LogP contribution in [0.4, 0.5) is 0 Å². The lowest BCUT2D eigenvalue weighted by Crippen LogP contribution is -2.39. The second kappa shape index (κ2) is 9.68. The SMILES string of the molecule is CCCC(CCC)(CNCCOC)c1ccc(Cl)cc1Cl. The van der Waals surface area contributed by atoms with Gasteiger partial charge in [-0.05, 0) is 30.5 Å². The normalized spacial score (nSPS) is 11.9. The van der Waals surface area contributed by atoms with E-state index in [1.54, 1.807) is 7.11 Å². The van der Waals surface area contributed by atoms with Crippen LogP contribution in [0.15, 0.2) is 18.2 Å². The van der Waals surface area contributed by atoms with E-state index < -0.39 is 0 Å². The predicted octanol–water partition coefficient (Wildman–Crippen LogP) is 5.07. The Hall–Kier alpha value is -0.280. The number of halogens is 2. The topological polar surface area (TPSA) is 21.3 Å². The second-order valence-electron chi connectivity index (χ2n) is 5.57.